The van der Waals surface area contributed by atoms with Crippen LogP contribution in [0.4, 0.5) is 0 Å². The van der Waals surface area contributed by atoms with Crippen LogP contribution in [-0.2, 0) is 0 Å². The number of nitrogens with one attached hydrogen (secondary N) is 1. The molecule has 1 rings (SSSR count). The lowest BCUT2D eigenvalue weighted by atomic mass is 9.87. The summed E-state index contributed by atoms with van der Waals surface area (Å²) in [5.74, 6) is 0.649. The van der Waals surface area contributed by atoms with Gasteiger partial charge in [-0.3, -0.25) is 0 Å². The quantitative estimate of drug-likeness (QED) is 0.748. The highest BCUT2D eigenvalue weighted by atomic mass is 14.9. The van der Waals surface area contributed by atoms with Crippen molar-refractivity contribution in [3.05, 3.63) is 35.9 Å². The Kier molecular flexibility index (Phi) is 5.41. The summed E-state index contributed by atoms with van der Waals surface area (Å²) in [4.78, 5) is 0. The lowest BCUT2D eigenvalue weighted by Crippen LogP contribution is -2.31. The molecule has 0 spiro atoms. The standard InChI is InChI=1S/C14H23N/c1-4-9-14(15-3)13(5-2)12-10-7-6-8-11-12/h6-8,10-11,13-15H,4-5,9H2,1-3H3. The van der Waals surface area contributed by atoms with Gasteiger partial charge in [-0.2, -0.15) is 0 Å². The maximum atomic E-state index is 3.45. The molecule has 0 aliphatic rings. The fourth-order valence-electron chi connectivity index (χ4n) is 2.31. The molecule has 1 nitrogen and oxygen atoms in total. The van der Waals surface area contributed by atoms with Crippen LogP contribution in [-0.4, -0.2) is 13.1 Å². The van der Waals surface area contributed by atoms with Crippen molar-refractivity contribution in [3.63, 3.8) is 0 Å². The van der Waals surface area contributed by atoms with Gasteiger partial charge in [0.25, 0.3) is 0 Å². The summed E-state index contributed by atoms with van der Waals surface area (Å²) in [5.41, 5.74) is 1.47. The Morgan fingerprint density at radius 2 is 1.80 bits per heavy atom. The van der Waals surface area contributed by atoms with Crippen LogP contribution in [0.1, 0.15) is 44.6 Å². The maximum Gasteiger partial charge on any atom is 0.0133 e. The number of hydrogen-bond donors (Lipinski definition) is 1. The molecule has 0 saturated carbocycles. The van der Waals surface area contributed by atoms with Crippen molar-refractivity contribution in [2.75, 3.05) is 7.05 Å². The lowest BCUT2D eigenvalue weighted by Gasteiger charge is -2.26. The van der Waals surface area contributed by atoms with Gasteiger partial charge in [-0.25, -0.2) is 0 Å². The van der Waals surface area contributed by atoms with Crippen LogP contribution in [0.25, 0.3) is 0 Å². The highest BCUT2D eigenvalue weighted by molar-refractivity contribution is 5.21. The van der Waals surface area contributed by atoms with E-state index >= 15 is 0 Å². The smallest absolute Gasteiger partial charge is 0.0133 e. The maximum absolute atomic E-state index is 3.45. The van der Waals surface area contributed by atoms with Gasteiger partial charge in [-0.1, -0.05) is 50.6 Å². The molecular formula is C14H23N. The molecule has 2 atom stereocenters. The van der Waals surface area contributed by atoms with Gasteiger partial charge < -0.3 is 5.32 Å². The minimum absolute atomic E-state index is 0.613. The predicted molar refractivity (Wildman–Crippen MR) is 67.2 cm³/mol. The molecule has 0 amide bonds. The zero-order chi connectivity index (χ0) is 11.1. The number of likely N-dealkylation sites (N-methyl/N-ethyl adjacent to an activating group) is 1. The monoisotopic (exact) mass is 205 g/mol. The molecule has 2 unspecified atom stereocenters. The molecular weight excluding hydrogens is 182 g/mol. The van der Waals surface area contributed by atoms with Gasteiger partial charge in [0.2, 0.25) is 0 Å². The minimum atomic E-state index is 0.613. The second-order valence-electron chi connectivity index (χ2n) is 4.11. The van der Waals surface area contributed by atoms with E-state index in [1.807, 2.05) is 0 Å². The zero-order valence-corrected chi connectivity index (χ0v) is 10.2. The summed E-state index contributed by atoms with van der Waals surface area (Å²) < 4.78 is 0. The van der Waals surface area contributed by atoms with Crippen LogP contribution in [0.2, 0.25) is 0 Å². The molecule has 1 heteroatoms. The van der Waals surface area contributed by atoms with Gasteiger partial charge in [0.05, 0.1) is 0 Å². The van der Waals surface area contributed by atoms with Crippen molar-refractivity contribution in [1.29, 1.82) is 0 Å². The van der Waals surface area contributed by atoms with Crippen molar-refractivity contribution < 1.29 is 0 Å². The molecule has 0 aromatic heterocycles. The molecule has 0 aliphatic heterocycles. The number of hydrogen-bond acceptors (Lipinski definition) is 1. The van der Waals surface area contributed by atoms with E-state index in [1.165, 1.54) is 24.8 Å². The topological polar surface area (TPSA) is 12.0 Å². The van der Waals surface area contributed by atoms with Crippen LogP contribution in [0.3, 0.4) is 0 Å². The van der Waals surface area contributed by atoms with Crippen LogP contribution >= 0.6 is 0 Å². The summed E-state index contributed by atoms with van der Waals surface area (Å²) in [6, 6.07) is 11.5. The van der Waals surface area contributed by atoms with Gasteiger partial charge in [0.1, 0.15) is 0 Å². The molecule has 1 N–H and O–H groups in total. The number of benzene rings is 1. The first-order valence-electron chi connectivity index (χ1n) is 6.05. The van der Waals surface area contributed by atoms with E-state index in [0.717, 1.165) is 0 Å². The summed E-state index contributed by atoms with van der Waals surface area (Å²) in [5, 5.41) is 3.45. The Morgan fingerprint density at radius 1 is 1.13 bits per heavy atom. The van der Waals surface area contributed by atoms with E-state index in [9.17, 15) is 0 Å². The largest absolute Gasteiger partial charge is 0.316 e. The molecule has 0 saturated heterocycles. The third-order valence-corrected chi connectivity index (χ3v) is 3.12. The van der Waals surface area contributed by atoms with Gasteiger partial charge in [0, 0.05) is 6.04 Å². The molecule has 15 heavy (non-hydrogen) atoms. The second-order valence-corrected chi connectivity index (χ2v) is 4.11. The van der Waals surface area contributed by atoms with Crippen molar-refractivity contribution in [2.24, 2.45) is 0 Å². The summed E-state index contributed by atoms with van der Waals surface area (Å²) >= 11 is 0. The SMILES string of the molecule is CCCC(NC)C(CC)c1ccccc1. The van der Waals surface area contributed by atoms with Gasteiger partial charge in [-0.15, -0.1) is 0 Å². The fourth-order valence-corrected chi connectivity index (χ4v) is 2.31. The normalized spacial score (nSPS) is 14.9. The first-order chi connectivity index (χ1) is 7.33. The van der Waals surface area contributed by atoms with E-state index < -0.39 is 0 Å². The molecule has 0 radical (unpaired) electrons. The van der Waals surface area contributed by atoms with Gasteiger partial charge >= 0.3 is 0 Å². The Morgan fingerprint density at radius 3 is 2.27 bits per heavy atom. The van der Waals surface area contributed by atoms with Crippen molar-refractivity contribution >= 4 is 0 Å². The molecule has 84 valence electrons. The van der Waals surface area contributed by atoms with E-state index in [-0.39, 0.29) is 0 Å². The van der Waals surface area contributed by atoms with E-state index in [4.69, 9.17) is 0 Å². The average Bonchev–Trinajstić information content (AvgIpc) is 2.30. The first-order valence-corrected chi connectivity index (χ1v) is 6.05. The molecule has 1 aromatic rings. The summed E-state index contributed by atoms with van der Waals surface area (Å²) in [6.45, 7) is 4.53. The van der Waals surface area contributed by atoms with Crippen molar-refractivity contribution in [2.45, 2.75) is 45.1 Å². The Labute approximate surface area is 93.9 Å². The van der Waals surface area contributed by atoms with Crippen LogP contribution in [0.5, 0.6) is 0 Å². The molecule has 0 fully saturated rings. The third-order valence-electron chi connectivity index (χ3n) is 3.12. The molecule has 0 bridgehead atoms. The zero-order valence-electron chi connectivity index (χ0n) is 10.2. The fraction of sp³-hybridized carbons (Fsp3) is 0.571. The predicted octanol–water partition coefficient (Wildman–Crippen LogP) is 3.57. The number of rotatable bonds is 6. The lowest BCUT2D eigenvalue weighted by molar-refractivity contribution is 0.422. The highest BCUT2D eigenvalue weighted by Crippen LogP contribution is 2.25. The van der Waals surface area contributed by atoms with E-state index in [0.29, 0.717) is 12.0 Å². The van der Waals surface area contributed by atoms with Crippen molar-refractivity contribution in [1.82, 2.24) is 5.32 Å². The third kappa shape index (κ3) is 3.35. The van der Waals surface area contributed by atoms with E-state index in [2.05, 4.69) is 56.5 Å². The average molecular weight is 205 g/mol. The van der Waals surface area contributed by atoms with Crippen molar-refractivity contribution in [3.8, 4) is 0 Å². The molecule has 1 aromatic carbocycles. The molecule has 0 heterocycles. The van der Waals surface area contributed by atoms with Gasteiger partial charge in [-0.05, 0) is 31.4 Å². The van der Waals surface area contributed by atoms with Gasteiger partial charge in [0.15, 0.2) is 0 Å². The highest BCUT2D eigenvalue weighted by Gasteiger charge is 2.18. The van der Waals surface area contributed by atoms with Crippen LogP contribution in [0.15, 0.2) is 30.3 Å². The van der Waals surface area contributed by atoms with Crippen LogP contribution < -0.4 is 5.32 Å². The molecule has 0 aliphatic carbocycles. The Bertz CT molecular complexity index is 255. The van der Waals surface area contributed by atoms with Crippen LogP contribution in [0, 0.1) is 0 Å². The Hall–Kier alpha value is -0.820. The van der Waals surface area contributed by atoms with E-state index in [1.54, 1.807) is 0 Å². The minimum Gasteiger partial charge on any atom is -0.316 e. The Balaban J connectivity index is 2.77. The first kappa shape index (κ1) is 12.3. The second kappa shape index (κ2) is 6.62. The summed E-state index contributed by atoms with van der Waals surface area (Å²) in [7, 11) is 2.08. The summed E-state index contributed by atoms with van der Waals surface area (Å²) in [6.07, 6.45) is 3.70.